The fraction of sp³-hybridized carbons (Fsp3) is 0.349. The molecule has 59 heavy (non-hydrogen) atoms. The van der Waals surface area contributed by atoms with Crippen molar-refractivity contribution >= 4 is 90.4 Å². The maximum absolute atomic E-state index is 12.7. The van der Waals surface area contributed by atoms with Gasteiger partial charge in [-0.25, -0.2) is 19.9 Å². The maximum Gasteiger partial charge on any atom is 0.306 e. The highest BCUT2D eigenvalue weighted by molar-refractivity contribution is 7.19. The van der Waals surface area contributed by atoms with Gasteiger partial charge in [0.2, 0.25) is 5.91 Å². The van der Waals surface area contributed by atoms with E-state index in [1.54, 1.807) is 49.5 Å². The maximum atomic E-state index is 12.7. The first-order valence-corrected chi connectivity index (χ1v) is 21.3. The van der Waals surface area contributed by atoms with Crippen LogP contribution >= 0.6 is 22.7 Å². The zero-order chi connectivity index (χ0) is 40.8. The number of nitrogens with zero attached hydrogens (tertiary/aromatic N) is 7. The molecule has 2 aliphatic heterocycles. The van der Waals surface area contributed by atoms with Crippen molar-refractivity contribution in [2.45, 2.75) is 58.5 Å². The highest BCUT2D eigenvalue weighted by Crippen LogP contribution is 2.44. The number of fused-ring (bicyclic) bond motifs is 8. The van der Waals surface area contributed by atoms with Crippen molar-refractivity contribution in [3.8, 4) is 11.5 Å². The number of thiophene rings is 2. The first kappa shape index (κ1) is 38.5. The number of carbonyl (C=O) groups is 2. The van der Waals surface area contributed by atoms with Gasteiger partial charge in [0.1, 0.15) is 45.5 Å². The van der Waals surface area contributed by atoms with Crippen LogP contribution in [0.1, 0.15) is 62.9 Å². The van der Waals surface area contributed by atoms with Crippen LogP contribution in [0, 0.1) is 11.8 Å². The minimum Gasteiger partial charge on any atom is -0.495 e. The summed E-state index contributed by atoms with van der Waals surface area (Å²) in [5, 5.41) is 18.3. The Kier molecular flexibility index (Phi) is 10.4. The number of nitrogens with one attached hydrogen (secondary N) is 2. The van der Waals surface area contributed by atoms with Gasteiger partial charge in [0.05, 0.1) is 55.4 Å². The van der Waals surface area contributed by atoms with Crippen molar-refractivity contribution in [3.05, 3.63) is 80.1 Å². The Morgan fingerprint density at radius 1 is 0.763 bits per heavy atom. The molecule has 2 aliphatic carbocycles. The molecule has 4 aromatic heterocycles. The second-order valence-corrected chi connectivity index (χ2v) is 17.2. The molecule has 0 spiro atoms. The molecule has 2 aromatic carbocycles. The Bertz CT molecular complexity index is 2710. The third-order valence-corrected chi connectivity index (χ3v) is 14.0. The zero-order valence-electron chi connectivity index (χ0n) is 33.2. The number of carboxylic acids is 1. The summed E-state index contributed by atoms with van der Waals surface area (Å²) in [5.74, 6) is 2.26. The zero-order valence-corrected chi connectivity index (χ0v) is 34.8. The molecule has 4 aliphatic rings. The number of carboxylic acid groups (broad SMARTS) is 1. The third-order valence-electron chi connectivity index (χ3n) is 11.7. The Hall–Kier alpha value is -6.00. The number of anilines is 4. The van der Waals surface area contributed by atoms with Crippen LogP contribution in [0.3, 0.4) is 0 Å². The van der Waals surface area contributed by atoms with E-state index in [9.17, 15) is 14.7 Å². The molecule has 0 radical (unpaired) electrons. The number of aliphatic imine (C=N–C) groups is 2. The number of aryl methyl sites for hydroxylation is 2. The van der Waals surface area contributed by atoms with Gasteiger partial charge in [-0.2, -0.15) is 0 Å². The fourth-order valence-corrected chi connectivity index (χ4v) is 10.9. The normalized spacial score (nSPS) is 17.1. The summed E-state index contributed by atoms with van der Waals surface area (Å²) in [7, 11) is 5.21. The number of ether oxygens (including phenoxy) is 2. The molecule has 0 unspecified atom stereocenters. The number of carbonyl (C=O) groups excluding carboxylic acids is 1. The fourth-order valence-electron chi connectivity index (χ4n) is 8.36. The third kappa shape index (κ3) is 7.24. The van der Waals surface area contributed by atoms with E-state index in [0.29, 0.717) is 25.9 Å². The number of aromatic nitrogens is 4. The van der Waals surface area contributed by atoms with Gasteiger partial charge in [-0.1, -0.05) is 0 Å². The van der Waals surface area contributed by atoms with Crippen molar-refractivity contribution in [1.29, 1.82) is 0 Å². The molecule has 6 aromatic rings. The van der Waals surface area contributed by atoms with Crippen LogP contribution in [0.2, 0.25) is 0 Å². The van der Waals surface area contributed by atoms with Crippen molar-refractivity contribution < 1.29 is 24.2 Å². The summed E-state index contributed by atoms with van der Waals surface area (Å²) in [4.78, 5) is 56.8. The Balaban J connectivity index is 0.000000153. The Morgan fingerprint density at radius 2 is 1.25 bits per heavy atom. The minimum atomic E-state index is -0.725. The van der Waals surface area contributed by atoms with Crippen LogP contribution in [-0.2, 0) is 48.4 Å². The number of methoxy groups -OCH3 is 2. The molecular formula is C43H43N9O5S2. The van der Waals surface area contributed by atoms with E-state index in [2.05, 4.69) is 46.6 Å². The highest BCUT2D eigenvalue weighted by atomic mass is 32.1. The molecule has 0 saturated heterocycles. The molecule has 3 N–H and O–H groups in total. The lowest BCUT2D eigenvalue weighted by atomic mass is 9.87. The van der Waals surface area contributed by atoms with Crippen LogP contribution in [-0.4, -0.2) is 82.1 Å². The van der Waals surface area contributed by atoms with Crippen molar-refractivity contribution in [2.75, 3.05) is 38.4 Å². The number of rotatable bonds is 9. The average Bonchev–Trinajstić information content (AvgIpc) is 4.07. The van der Waals surface area contributed by atoms with Gasteiger partial charge in [0.25, 0.3) is 0 Å². The van der Waals surface area contributed by atoms with Gasteiger partial charge in [0, 0.05) is 41.7 Å². The number of hydrogen-bond acceptors (Lipinski definition) is 14. The van der Waals surface area contributed by atoms with Gasteiger partial charge in [-0.3, -0.25) is 19.6 Å². The van der Waals surface area contributed by atoms with Crippen LogP contribution in [0.5, 0.6) is 11.5 Å². The monoisotopic (exact) mass is 829 g/mol. The molecule has 0 bridgehead atoms. The average molecular weight is 830 g/mol. The predicted molar refractivity (Wildman–Crippen MR) is 232 cm³/mol. The first-order valence-electron chi connectivity index (χ1n) is 19.7. The van der Waals surface area contributed by atoms with E-state index in [0.717, 1.165) is 114 Å². The van der Waals surface area contributed by atoms with Gasteiger partial charge >= 0.3 is 5.97 Å². The van der Waals surface area contributed by atoms with Gasteiger partial charge < -0.3 is 30.1 Å². The van der Waals surface area contributed by atoms with Gasteiger partial charge in [-0.05, 0) is 103 Å². The van der Waals surface area contributed by atoms with Crippen molar-refractivity contribution in [1.82, 2.24) is 24.8 Å². The number of hydrogen-bond donors (Lipinski definition) is 3. The summed E-state index contributed by atoms with van der Waals surface area (Å²) in [6.45, 7) is 4.11. The molecule has 6 heterocycles. The number of benzene rings is 2. The van der Waals surface area contributed by atoms with E-state index in [-0.39, 0.29) is 17.7 Å². The van der Waals surface area contributed by atoms with E-state index in [1.807, 2.05) is 49.5 Å². The Labute approximate surface area is 348 Å². The van der Waals surface area contributed by atoms with Gasteiger partial charge in [-0.15, -0.1) is 22.7 Å². The molecule has 2 atom stereocenters. The van der Waals surface area contributed by atoms with Crippen LogP contribution < -0.4 is 20.1 Å². The molecular weight excluding hydrogens is 787 g/mol. The van der Waals surface area contributed by atoms with Gasteiger partial charge in [0.15, 0.2) is 0 Å². The number of aliphatic carboxylic acids is 1. The topological polar surface area (TPSA) is 176 Å². The van der Waals surface area contributed by atoms with Crippen LogP contribution in [0.15, 0.2) is 46.9 Å². The highest BCUT2D eigenvalue weighted by Gasteiger charge is 2.31. The minimum absolute atomic E-state index is 0.0472. The second-order valence-electron chi connectivity index (χ2n) is 15.1. The van der Waals surface area contributed by atoms with Crippen LogP contribution in [0.4, 0.5) is 23.0 Å². The summed E-state index contributed by atoms with van der Waals surface area (Å²) >= 11 is 3.25. The van der Waals surface area contributed by atoms with E-state index in [1.165, 1.54) is 16.0 Å². The van der Waals surface area contributed by atoms with Crippen molar-refractivity contribution in [3.63, 3.8) is 0 Å². The molecule has 0 saturated carbocycles. The SMILES string of the molecule is CCN(C)C(=O)[C@H]1CCc2c(sc3ncnc(Nc4cc5c(cc4OC)CN=C5)c23)C1.COc1cc2c(cc1Nc1ncnc3sc4c(c13)CC[C@H](C(=O)O)C4)C=NC2. The first-order chi connectivity index (χ1) is 28.7. The molecule has 14 nitrogen and oxygen atoms in total. The Morgan fingerprint density at radius 3 is 1.73 bits per heavy atom. The molecule has 1 amide bonds. The second kappa shape index (κ2) is 16.0. The largest absolute Gasteiger partial charge is 0.495 e. The molecule has 16 heteroatoms. The number of amides is 1. The summed E-state index contributed by atoms with van der Waals surface area (Å²) in [6, 6.07) is 8.13. The lowest BCUT2D eigenvalue weighted by Crippen LogP contribution is -2.35. The molecule has 10 rings (SSSR count). The summed E-state index contributed by atoms with van der Waals surface area (Å²) < 4.78 is 11.2. The van der Waals surface area contributed by atoms with E-state index < -0.39 is 5.97 Å². The predicted octanol–water partition coefficient (Wildman–Crippen LogP) is 7.52. The summed E-state index contributed by atoms with van der Waals surface area (Å²) in [5.41, 5.74) is 8.61. The standard InChI is InChI=1S/C23H25N5O2S.C20H18N4O3S/c1-4-28(2)23(29)13-5-6-16-19(9-13)31-22-20(16)21(25-12-26-22)27-17-7-14-10-24-11-15(14)8-18(17)30-3;1-27-15-5-12-8-21-7-11(12)4-14(15)24-18-17-13-3-2-10(20(25)26)6-16(13)28-19(17)23-9-22-18/h7-8,10,12-13H,4-6,9,11H2,1-3H3,(H,25,26,27);4-5,7,9-10H,2-3,6,8H2,1H3,(H,25,26)(H,22,23,24)/t13-;10-/m00/s1. The lowest BCUT2D eigenvalue weighted by molar-refractivity contribution is -0.142. The smallest absolute Gasteiger partial charge is 0.306 e. The lowest BCUT2D eigenvalue weighted by Gasteiger charge is -2.26. The van der Waals surface area contributed by atoms with Crippen molar-refractivity contribution in [2.24, 2.45) is 21.8 Å². The van der Waals surface area contributed by atoms with E-state index in [4.69, 9.17) is 9.47 Å². The molecule has 0 fully saturated rings. The quantitative estimate of drug-likeness (QED) is 0.131. The van der Waals surface area contributed by atoms with Crippen LogP contribution in [0.25, 0.3) is 20.4 Å². The molecule has 302 valence electrons. The van der Waals surface area contributed by atoms with E-state index >= 15 is 0 Å². The summed E-state index contributed by atoms with van der Waals surface area (Å²) in [6.07, 6.45) is 11.3.